The Morgan fingerprint density at radius 2 is 1.78 bits per heavy atom. The second-order valence-corrected chi connectivity index (χ2v) is 6.20. The summed E-state index contributed by atoms with van der Waals surface area (Å²) in [7, 11) is 4.68. The van der Waals surface area contributed by atoms with E-state index in [9.17, 15) is 4.79 Å². The zero-order valence-corrected chi connectivity index (χ0v) is 16.6. The van der Waals surface area contributed by atoms with Gasteiger partial charge in [-0.05, 0) is 48.2 Å². The Morgan fingerprint density at radius 1 is 1.11 bits per heavy atom. The van der Waals surface area contributed by atoms with Crippen LogP contribution in [0.4, 0.5) is 11.4 Å². The fourth-order valence-corrected chi connectivity index (χ4v) is 3.42. The van der Waals surface area contributed by atoms with Crippen molar-refractivity contribution in [3.8, 4) is 17.2 Å². The summed E-state index contributed by atoms with van der Waals surface area (Å²) in [5.74, 6) is 1.61. The Morgan fingerprint density at radius 3 is 2.37 bits per heavy atom. The van der Waals surface area contributed by atoms with E-state index >= 15 is 0 Å². The Labute approximate surface area is 165 Å². The van der Waals surface area contributed by atoms with Crippen molar-refractivity contribution in [3.63, 3.8) is 0 Å². The van der Waals surface area contributed by atoms with E-state index in [1.54, 1.807) is 21.3 Å². The minimum atomic E-state index is 0. The van der Waals surface area contributed by atoms with Gasteiger partial charge in [0.1, 0.15) is 0 Å². The van der Waals surface area contributed by atoms with E-state index in [0.29, 0.717) is 23.8 Å². The van der Waals surface area contributed by atoms with E-state index < -0.39 is 0 Å². The number of amides is 1. The lowest BCUT2D eigenvalue weighted by Gasteiger charge is -2.30. The molecule has 27 heavy (non-hydrogen) atoms. The third-order valence-electron chi connectivity index (χ3n) is 4.67. The van der Waals surface area contributed by atoms with Crippen molar-refractivity contribution in [2.24, 2.45) is 0 Å². The Kier molecular flexibility index (Phi) is 6.80. The second-order valence-electron chi connectivity index (χ2n) is 6.20. The van der Waals surface area contributed by atoms with Gasteiger partial charge in [-0.15, -0.1) is 12.4 Å². The zero-order chi connectivity index (χ0) is 18.7. The van der Waals surface area contributed by atoms with Crippen molar-refractivity contribution >= 4 is 29.7 Å². The van der Waals surface area contributed by atoms with Crippen LogP contribution in [0.2, 0.25) is 0 Å². The number of anilines is 2. The van der Waals surface area contributed by atoms with Crippen LogP contribution >= 0.6 is 12.4 Å². The molecule has 1 aliphatic rings. The monoisotopic (exact) mass is 392 g/mol. The van der Waals surface area contributed by atoms with Crippen LogP contribution in [0.5, 0.6) is 17.2 Å². The van der Waals surface area contributed by atoms with Gasteiger partial charge in [-0.2, -0.15) is 0 Å². The molecule has 1 heterocycles. The van der Waals surface area contributed by atoms with Gasteiger partial charge in [0.05, 0.1) is 27.8 Å². The number of rotatable bonds is 5. The normalized spacial score (nSPS) is 12.6. The number of nitrogens with two attached hydrogens (primary N) is 1. The molecule has 0 radical (unpaired) electrons. The molecular weight excluding hydrogens is 368 g/mol. The Balaban J connectivity index is 0.00000261. The van der Waals surface area contributed by atoms with Gasteiger partial charge in [0.25, 0.3) is 0 Å². The van der Waals surface area contributed by atoms with Gasteiger partial charge >= 0.3 is 0 Å². The van der Waals surface area contributed by atoms with Crippen LogP contribution in [0, 0.1) is 0 Å². The number of benzene rings is 2. The number of carbonyl (C=O) groups is 1. The molecule has 0 bridgehead atoms. The predicted molar refractivity (Wildman–Crippen MR) is 109 cm³/mol. The standard InChI is InChI=1S/C20H24N2O4.ClH/c1-24-17-10-13(11-18(25-2)20(17)26-3)12-19(23)22-9-5-6-14-15(21)7-4-8-16(14)22;/h4,7-8,10-11H,5-6,9,12,21H2,1-3H3;1H. The SMILES string of the molecule is COc1cc(CC(=O)N2CCCc3c(N)cccc32)cc(OC)c1OC.Cl. The fourth-order valence-electron chi connectivity index (χ4n) is 3.42. The Bertz CT molecular complexity index is 801. The largest absolute Gasteiger partial charge is 0.493 e. The highest BCUT2D eigenvalue weighted by molar-refractivity contribution is 5.96. The molecule has 2 N–H and O–H groups in total. The van der Waals surface area contributed by atoms with Crippen molar-refractivity contribution in [2.75, 3.05) is 38.5 Å². The summed E-state index contributed by atoms with van der Waals surface area (Å²) in [6.07, 6.45) is 2.04. The lowest BCUT2D eigenvalue weighted by atomic mass is 9.99. The summed E-state index contributed by atoms with van der Waals surface area (Å²) in [5.41, 5.74) is 9.59. The van der Waals surface area contributed by atoms with Crippen LogP contribution in [0.25, 0.3) is 0 Å². The van der Waals surface area contributed by atoms with Crippen molar-refractivity contribution in [1.29, 1.82) is 0 Å². The lowest BCUT2D eigenvalue weighted by Crippen LogP contribution is -2.36. The summed E-state index contributed by atoms with van der Waals surface area (Å²) in [5, 5.41) is 0. The van der Waals surface area contributed by atoms with Gasteiger partial charge in [0.2, 0.25) is 11.7 Å². The predicted octanol–water partition coefficient (Wildman–Crippen LogP) is 3.24. The van der Waals surface area contributed by atoms with E-state index in [-0.39, 0.29) is 24.7 Å². The van der Waals surface area contributed by atoms with Gasteiger partial charge in [-0.1, -0.05) is 6.07 Å². The highest BCUT2D eigenvalue weighted by Crippen LogP contribution is 2.39. The minimum Gasteiger partial charge on any atom is -0.493 e. The first-order valence-electron chi connectivity index (χ1n) is 8.55. The number of hydrogen-bond acceptors (Lipinski definition) is 5. The smallest absolute Gasteiger partial charge is 0.231 e. The maximum atomic E-state index is 13.0. The quantitative estimate of drug-likeness (QED) is 0.791. The molecule has 0 spiro atoms. The number of carbonyl (C=O) groups excluding carboxylic acids is 1. The van der Waals surface area contributed by atoms with Gasteiger partial charge < -0.3 is 24.8 Å². The summed E-state index contributed by atoms with van der Waals surface area (Å²) in [4.78, 5) is 14.8. The van der Waals surface area contributed by atoms with Crippen LogP contribution in [0.3, 0.4) is 0 Å². The van der Waals surface area contributed by atoms with E-state index in [0.717, 1.165) is 35.3 Å². The number of methoxy groups -OCH3 is 3. The Hall–Kier alpha value is -2.60. The molecule has 2 aromatic rings. The van der Waals surface area contributed by atoms with Crippen LogP contribution in [-0.2, 0) is 17.6 Å². The molecule has 0 aliphatic carbocycles. The van der Waals surface area contributed by atoms with Gasteiger partial charge in [-0.3, -0.25) is 4.79 Å². The summed E-state index contributed by atoms with van der Waals surface area (Å²) < 4.78 is 16.1. The molecule has 0 saturated carbocycles. The number of fused-ring (bicyclic) bond motifs is 1. The second kappa shape index (κ2) is 8.86. The molecule has 7 heteroatoms. The van der Waals surface area contributed by atoms with Crippen LogP contribution < -0.4 is 24.8 Å². The number of halogens is 1. The van der Waals surface area contributed by atoms with Gasteiger partial charge in [-0.25, -0.2) is 0 Å². The molecule has 2 aromatic carbocycles. The first kappa shape index (κ1) is 20.7. The molecule has 0 unspecified atom stereocenters. The molecule has 146 valence electrons. The first-order chi connectivity index (χ1) is 12.6. The topological polar surface area (TPSA) is 74.0 Å². The van der Waals surface area contributed by atoms with Crippen LogP contribution in [0.15, 0.2) is 30.3 Å². The van der Waals surface area contributed by atoms with E-state index in [4.69, 9.17) is 19.9 Å². The third-order valence-corrected chi connectivity index (χ3v) is 4.67. The number of nitrogens with zero attached hydrogens (tertiary/aromatic N) is 1. The minimum absolute atomic E-state index is 0. The highest BCUT2D eigenvalue weighted by atomic mass is 35.5. The number of hydrogen-bond donors (Lipinski definition) is 1. The average molecular weight is 393 g/mol. The first-order valence-corrected chi connectivity index (χ1v) is 8.55. The van der Waals surface area contributed by atoms with E-state index in [1.165, 1.54) is 0 Å². The molecule has 0 aromatic heterocycles. The summed E-state index contributed by atoms with van der Waals surface area (Å²) in [6.45, 7) is 0.694. The maximum Gasteiger partial charge on any atom is 0.231 e. The molecular formula is C20H25ClN2O4. The van der Waals surface area contributed by atoms with E-state index in [2.05, 4.69) is 0 Å². The molecule has 6 nitrogen and oxygen atoms in total. The number of ether oxygens (including phenoxy) is 3. The van der Waals surface area contributed by atoms with Crippen LogP contribution in [0.1, 0.15) is 17.5 Å². The zero-order valence-electron chi connectivity index (χ0n) is 15.8. The van der Waals surface area contributed by atoms with Crippen molar-refractivity contribution in [3.05, 3.63) is 41.5 Å². The fraction of sp³-hybridized carbons (Fsp3) is 0.350. The highest BCUT2D eigenvalue weighted by Gasteiger charge is 2.24. The van der Waals surface area contributed by atoms with E-state index in [1.807, 2.05) is 35.2 Å². The van der Waals surface area contributed by atoms with Gasteiger partial charge in [0, 0.05) is 17.9 Å². The average Bonchev–Trinajstić information content (AvgIpc) is 2.67. The summed E-state index contributed by atoms with van der Waals surface area (Å²) >= 11 is 0. The van der Waals surface area contributed by atoms with Gasteiger partial charge in [0.15, 0.2) is 11.5 Å². The molecule has 3 rings (SSSR count). The van der Waals surface area contributed by atoms with Crippen LogP contribution in [-0.4, -0.2) is 33.8 Å². The molecule has 1 aliphatic heterocycles. The van der Waals surface area contributed by atoms with Crippen molar-refractivity contribution in [1.82, 2.24) is 0 Å². The molecule has 0 atom stereocenters. The molecule has 0 fully saturated rings. The maximum absolute atomic E-state index is 13.0. The third kappa shape index (κ3) is 4.06. The molecule has 0 saturated heterocycles. The van der Waals surface area contributed by atoms with Crippen molar-refractivity contribution < 1.29 is 19.0 Å². The number of nitrogen functional groups attached to an aromatic ring is 1. The lowest BCUT2D eigenvalue weighted by molar-refractivity contribution is -0.118. The summed E-state index contributed by atoms with van der Waals surface area (Å²) in [6, 6.07) is 9.34. The molecule has 1 amide bonds. The van der Waals surface area contributed by atoms with Crippen molar-refractivity contribution in [2.45, 2.75) is 19.3 Å².